The number of amides is 2. The first-order chi connectivity index (χ1) is 8.58. The summed E-state index contributed by atoms with van der Waals surface area (Å²) in [4.78, 5) is 14.0. The van der Waals surface area contributed by atoms with Gasteiger partial charge in [0.15, 0.2) is 0 Å². The van der Waals surface area contributed by atoms with Gasteiger partial charge in [0.05, 0.1) is 0 Å². The highest BCUT2D eigenvalue weighted by Gasteiger charge is 2.17. The zero-order chi connectivity index (χ0) is 13.1. The van der Waals surface area contributed by atoms with E-state index in [9.17, 15) is 4.79 Å². The third-order valence-electron chi connectivity index (χ3n) is 3.43. The molecule has 0 atom stereocenters. The summed E-state index contributed by atoms with van der Waals surface area (Å²) in [5.41, 5.74) is 9.43. The lowest BCUT2D eigenvalue weighted by Gasteiger charge is -2.27. The van der Waals surface area contributed by atoms with Crippen LogP contribution in [0.25, 0.3) is 0 Å². The number of carbonyl (C=O) groups is 1. The minimum atomic E-state index is 0.00525. The highest BCUT2D eigenvalue weighted by atomic mass is 16.2. The maximum atomic E-state index is 12.1. The number of nitrogens with zero attached hydrogens (tertiary/aromatic N) is 1. The van der Waals surface area contributed by atoms with Gasteiger partial charge in [0.1, 0.15) is 0 Å². The molecule has 0 bridgehead atoms. The van der Waals surface area contributed by atoms with E-state index in [1.807, 2.05) is 30.9 Å². The molecule has 1 aromatic carbocycles. The molecule has 4 heteroatoms. The molecule has 0 aromatic heterocycles. The third kappa shape index (κ3) is 2.75. The molecule has 1 aliphatic rings. The van der Waals surface area contributed by atoms with Gasteiger partial charge < -0.3 is 16.0 Å². The minimum absolute atomic E-state index is 0.00525. The molecule has 0 radical (unpaired) electrons. The van der Waals surface area contributed by atoms with Crippen LogP contribution in [0, 0.1) is 13.8 Å². The minimum Gasteiger partial charge on any atom is -0.399 e. The summed E-state index contributed by atoms with van der Waals surface area (Å²) in [5.74, 6) is 0. The van der Waals surface area contributed by atoms with Crippen molar-refractivity contribution < 1.29 is 4.79 Å². The summed E-state index contributed by atoms with van der Waals surface area (Å²) in [6, 6.07) is 3.78. The number of hydrogen-bond acceptors (Lipinski definition) is 2. The first kappa shape index (κ1) is 12.7. The fourth-order valence-corrected chi connectivity index (χ4v) is 2.48. The Morgan fingerprint density at radius 2 is 1.72 bits per heavy atom. The smallest absolute Gasteiger partial charge is 0.321 e. The normalized spacial score (nSPS) is 15.6. The number of urea groups is 1. The largest absolute Gasteiger partial charge is 0.399 e. The first-order valence-electron chi connectivity index (χ1n) is 6.50. The topological polar surface area (TPSA) is 58.4 Å². The molecule has 0 saturated carbocycles. The second-order valence-corrected chi connectivity index (χ2v) is 5.01. The molecule has 0 aliphatic carbocycles. The molecular weight excluding hydrogens is 226 g/mol. The van der Waals surface area contributed by atoms with Crippen LogP contribution in [-0.4, -0.2) is 24.0 Å². The number of hydrogen-bond donors (Lipinski definition) is 2. The van der Waals surface area contributed by atoms with E-state index >= 15 is 0 Å². The monoisotopic (exact) mass is 247 g/mol. The lowest BCUT2D eigenvalue weighted by molar-refractivity contribution is 0.200. The van der Waals surface area contributed by atoms with E-state index in [0.717, 1.165) is 48.4 Å². The van der Waals surface area contributed by atoms with Crippen LogP contribution >= 0.6 is 0 Å². The molecule has 0 spiro atoms. The fraction of sp³-hybridized carbons (Fsp3) is 0.500. The molecule has 1 heterocycles. The summed E-state index contributed by atoms with van der Waals surface area (Å²) in [6.07, 6.45) is 3.43. The number of rotatable bonds is 1. The van der Waals surface area contributed by atoms with Crippen molar-refractivity contribution in [3.63, 3.8) is 0 Å². The van der Waals surface area contributed by atoms with Crippen molar-refractivity contribution in [2.24, 2.45) is 0 Å². The molecule has 3 N–H and O–H groups in total. The molecule has 2 rings (SSSR count). The molecule has 18 heavy (non-hydrogen) atoms. The molecule has 1 aromatic rings. The number of nitrogen functional groups attached to an aromatic ring is 1. The van der Waals surface area contributed by atoms with Crippen LogP contribution in [0.3, 0.4) is 0 Å². The van der Waals surface area contributed by atoms with Gasteiger partial charge in [-0.1, -0.05) is 0 Å². The average Bonchev–Trinajstić information content (AvgIpc) is 2.34. The van der Waals surface area contributed by atoms with Gasteiger partial charge in [-0.05, 0) is 56.4 Å². The Balaban J connectivity index is 2.11. The summed E-state index contributed by atoms with van der Waals surface area (Å²) < 4.78 is 0. The fourth-order valence-electron chi connectivity index (χ4n) is 2.48. The highest BCUT2D eigenvalue weighted by molar-refractivity contribution is 5.91. The summed E-state index contributed by atoms with van der Waals surface area (Å²) >= 11 is 0. The van der Waals surface area contributed by atoms with E-state index < -0.39 is 0 Å². The van der Waals surface area contributed by atoms with E-state index in [1.54, 1.807) is 0 Å². The van der Waals surface area contributed by atoms with Crippen molar-refractivity contribution in [2.45, 2.75) is 33.1 Å². The van der Waals surface area contributed by atoms with Gasteiger partial charge in [0.2, 0.25) is 0 Å². The van der Waals surface area contributed by atoms with Gasteiger partial charge in [0, 0.05) is 24.5 Å². The van der Waals surface area contributed by atoms with Gasteiger partial charge in [-0.15, -0.1) is 0 Å². The Morgan fingerprint density at radius 3 is 2.28 bits per heavy atom. The molecule has 2 amide bonds. The Hall–Kier alpha value is -1.71. The zero-order valence-electron chi connectivity index (χ0n) is 11.1. The van der Waals surface area contributed by atoms with Crippen molar-refractivity contribution in [1.82, 2.24) is 4.90 Å². The van der Waals surface area contributed by atoms with E-state index in [1.165, 1.54) is 6.42 Å². The van der Waals surface area contributed by atoms with Crippen LogP contribution in [0.5, 0.6) is 0 Å². The molecule has 4 nitrogen and oxygen atoms in total. The second kappa shape index (κ2) is 5.29. The Bertz CT molecular complexity index is 427. The lowest BCUT2D eigenvalue weighted by Crippen LogP contribution is -2.38. The van der Waals surface area contributed by atoms with Gasteiger partial charge in [-0.2, -0.15) is 0 Å². The van der Waals surface area contributed by atoms with Gasteiger partial charge >= 0.3 is 6.03 Å². The number of carbonyl (C=O) groups excluding carboxylic acids is 1. The van der Waals surface area contributed by atoms with Crippen molar-refractivity contribution in [1.29, 1.82) is 0 Å². The number of anilines is 2. The molecule has 1 fully saturated rings. The maximum absolute atomic E-state index is 12.1. The number of piperidine rings is 1. The van der Waals surface area contributed by atoms with Crippen LogP contribution in [0.2, 0.25) is 0 Å². The van der Waals surface area contributed by atoms with E-state index in [-0.39, 0.29) is 6.03 Å². The number of benzene rings is 1. The zero-order valence-corrected chi connectivity index (χ0v) is 11.1. The quantitative estimate of drug-likeness (QED) is 0.750. The number of nitrogens with two attached hydrogens (primary N) is 1. The van der Waals surface area contributed by atoms with Crippen molar-refractivity contribution >= 4 is 17.4 Å². The van der Waals surface area contributed by atoms with Gasteiger partial charge in [-0.25, -0.2) is 4.79 Å². The molecule has 0 unspecified atom stereocenters. The van der Waals surface area contributed by atoms with E-state index in [4.69, 9.17) is 5.73 Å². The van der Waals surface area contributed by atoms with Crippen molar-refractivity contribution in [3.05, 3.63) is 23.3 Å². The highest BCUT2D eigenvalue weighted by Crippen LogP contribution is 2.24. The van der Waals surface area contributed by atoms with E-state index in [0.29, 0.717) is 0 Å². The van der Waals surface area contributed by atoms with Crippen molar-refractivity contribution in [2.75, 3.05) is 24.1 Å². The number of nitrogens with one attached hydrogen (secondary N) is 1. The molecule has 1 saturated heterocycles. The van der Waals surface area contributed by atoms with Gasteiger partial charge in [-0.3, -0.25) is 0 Å². The van der Waals surface area contributed by atoms with Gasteiger partial charge in [0.25, 0.3) is 0 Å². The van der Waals surface area contributed by atoms with Crippen LogP contribution in [-0.2, 0) is 0 Å². The Morgan fingerprint density at radius 1 is 1.17 bits per heavy atom. The number of likely N-dealkylation sites (tertiary alicyclic amines) is 1. The number of aryl methyl sites for hydroxylation is 2. The van der Waals surface area contributed by atoms with Crippen LogP contribution in [0.15, 0.2) is 12.1 Å². The second-order valence-electron chi connectivity index (χ2n) is 5.01. The summed E-state index contributed by atoms with van der Waals surface area (Å²) in [7, 11) is 0. The SMILES string of the molecule is Cc1cc(N)cc(C)c1NC(=O)N1CCCCC1. The lowest BCUT2D eigenvalue weighted by atomic mass is 10.1. The van der Waals surface area contributed by atoms with Crippen LogP contribution in [0.1, 0.15) is 30.4 Å². The summed E-state index contributed by atoms with van der Waals surface area (Å²) in [5, 5.41) is 3.01. The third-order valence-corrected chi connectivity index (χ3v) is 3.43. The predicted molar refractivity (Wildman–Crippen MR) is 74.8 cm³/mol. The Labute approximate surface area is 108 Å². The molecule has 98 valence electrons. The Kier molecular flexibility index (Phi) is 3.75. The average molecular weight is 247 g/mol. The van der Waals surface area contributed by atoms with Crippen LogP contribution < -0.4 is 11.1 Å². The van der Waals surface area contributed by atoms with Crippen LogP contribution in [0.4, 0.5) is 16.2 Å². The maximum Gasteiger partial charge on any atom is 0.321 e. The predicted octanol–water partition coefficient (Wildman–Crippen LogP) is 2.90. The summed E-state index contributed by atoms with van der Waals surface area (Å²) in [6.45, 7) is 5.65. The first-order valence-corrected chi connectivity index (χ1v) is 6.50. The van der Waals surface area contributed by atoms with E-state index in [2.05, 4.69) is 5.32 Å². The standard InChI is InChI=1S/C14H21N3O/c1-10-8-12(15)9-11(2)13(10)16-14(18)17-6-4-3-5-7-17/h8-9H,3-7,15H2,1-2H3,(H,16,18). The van der Waals surface area contributed by atoms with Crippen molar-refractivity contribution in [3.8, 4) is 0 Å². The molecule has 1 aliphatic heterocycles. The molecular formula is C14H21N3O.